The predicted molar refractivity (Wildman–Crippen MR) is 103 cm³/mol. The molecule has 9 heteroatoms. The van der Waals surface area contributed by atoms with E-state index in [0.717, 1.165) is 11.3 Å². The van der Waals surface area contributed by atoms with Crippen molar-refractivity contribution >= 4 is 38.1 Å². The van der Waals surface area contributed by atoms with E-state index >= 15 is 0 Å². The highest BCUT2D eigenvalue weighted by Gasteiger charge is 2.19. The molecule has 0 fully saturated rings. The lowest BCUT2D eigenvalue weighted by Crippen LogP contribution is -2.17. The van der Waals surface area contributed by atoms with Gasteiger partial charge in [0.2, 0.25) is 5.91 Å². The summed E-state index contributed by atoms with van der Waals surface area (Å²) in [6.45, 7) is 3.72. The van der Waals surface area contributed by atoms with Crippen molar-refractivity contribution in [1.82, 2.24) is 0 Å². The molecule has 0 aliphatic carbocycles. The molecule has 2 aromatic rings. The molecule has 1 heterocycles. The molecule has 0 aliphatic rings. The van der Waals surface area contributed by atoms with E-state index in [9.17, 15) is 18.0 Å². The number of nitrogens with one attached hydrogen (secondary N) is 1. The fraction of sp³-hybridized carbons (Fsp3) is 0.333. The third-order valence-electron chi connectivity index (χ3n) is 3.66. The second kappa shape index (κ2) is 9.01. The number of amides is 1. The van der Waals surface area contributed by atoms with Crippen molar-refractivity contribution in [2.45, 2.75) is 25.2 Å². The molecule has 0 saturated carbocycles. The molecule has 0 atom stereocenters. The fourth-order valence-electron chi connectivity index (χ4n) is 2.27. The summed E-state index contributed by atoms with van der Waals surface area (Å²) in [5, 5.41) is 3.10. The maximum absolute atomic E-state index is 12.3. The number of rotatable bonds is 8. The Bertz CT molecular complexity index is 916. The Morgan fingerprint density at radius 3 is 2.44 bits per heavy atom. The van der Waals surface area contributed by atoms with Crippen molar-refractivity contribution in [3.05, 3.63) is 40.8 Å². The van der Waals surface area contributed by atoms with Crippen molar-refractivity contribution in [2.24, 2.45) is 0 Å². The minimum absolute atomic E-state index is 0.132. The Balaban J connectivity index is 1.97. The van der Waals surface area contributed by atoms with E-state index in [1.165, 1.54) is 19.2 Å². The van der Waals surface area contributed by atoms with Crippen LogP contribution >= 0.6 is 11.3 Å². The Labute approximate surface area is 162 Å². The highest BCUT2D eigenvalue weighted by atomic mass is 32.2. The van der Waals surface area contributed by atoms with Gasteiger partial charge < -0.3 is 14.8 Å². The van der Waals surface area contributed by atoms with Crippen molar-refractivity contribution in [1.29, 1.82) is 0 Å². The number of methoxy groups -OCH3 is 1. The van der Waals surface area contributed by atoms with Gasteiger partial charge in [0.25, 0.3) is 0 Å². The van der Waals surface area contributed by atoms with Crippen LogP contribution in [0.1, 0.15) is 28.6 Å². The van der Waals surface area contributed by atoms with Gasteiger partial charge in [0.05, 0.1) is 29.4 Å². The zero-order chi connectivity index (χ0) is 20.0. The standard InChI is InChI=1S/C18H21NO6S2/c1-4-25-18(21)17-12(2)11-16(26-17)19-15(20)9-10-27(22,23)14-7-5-13(24-3)6-8-14/h5-8,11H,4,9-10H2,1-3H3,(H,19,20). The van der Waals surface area contributed by atoms with Gasteiger partial charge in [0.1, 0.15) is 10.6 Å². The molecule has 0 unspecified atom stereocenters. The SMILES string of the molecule is CCOC(=O)c1sc(NC(=O)CCS(=O)(=O)c2ccc(OC)cc2)cc1C. The average molecular weight is 412 g/mol. The molecule has 1 amide bonds. The Kier molecular flexibility index (Phi) is 6.98. The van der Waals surface area contributed by atoms with Gasteiger partial charge in [-0.1, -0.05) is 0 Å². The van der Waals surface area contributed by atoms with Crippen molar-refractivity contribution in [3.63, 3.8) is 0 Å². The first-order valence-corrected chi connectivity index (χ1v) is 10.7. The zero-order valence-corrected chi connectivity index (χ0v) is 16.9. The second-order valence-corrected chi connectivity index (χ2v) is 8.80. The van der Waals surface area contributed by atoms with E-state index in [4.69, 9.17) is 9.47 Å². The summed E-state index contributed by atoms with van der Waals surface area (Å²) in [6, 6.07) is 7.66. The summed E-state index contributed by atoms with van der Waals surface area (Å²) in [4.78, 5) is 24.5. The van der Waals surface area contributed by atoms with Crippen LogP contribution in [0.2, 0.25) is 0 Å². The van der Waals surface area contributed by atoms with Crippen LogP contribution in [0.4, 0.5) is 5.00 Å². The Morgan fingerprint density at radius 1 is 1.19 bits per heavy atom. The molecule has 27 heavy (non-hydrogen) atoms. The summed E-state index contributed by atoms with van der Waals surface area (Å²) in [5.41, 5.74) is 0.694. The molecule has 1 N–H and O–H groups in total. The zero-order valence-electron chi connectivity index (χ0n) is 15.3. The average Bonchev–Trinajstić information content (AvgIpc) is 3.00. The van der Waals surface area contributed by atoms with E-state index in [1.54, 1.807) is 32.0 Å². The van der Waals surface area contributed by atoms with Crippen LogP contribution in [0.15, 0.2) is 35.2 Å². The van der Waals surface area contributed by atoms with E-state index < -0.39 is 21.7 Å². The lowest BCUT2D eigenvalue weighted by molar-refractivity contribution is -0.115. The summed E-state index contributed by atoms with van der Waals surface area (Å²) in [5.74, 6) is -0.649. The first-order chi connectivity index (χ1) is 12.8. The molecule has 1 aromatic carbocycles. The number of anilines is 1. The minimum atomic E-state index is -3.58. The smallest absolute Gasteiger partial charge is 0.348 e. The first-order valence-electron chi connectivity index (χ1n) is 8.21. The molecule has 0 saturated heterocycles. The van der Waals surface area contributed by atoms with E-state index in [2.05, 4.69) is 5.32 Å². The molecule has 0 aliphatic heterocycles. The monoisotopic (exact) mass is 411 g/mol. The van der Waals surface area contributed by atoms with Gasteiger partial charge >= 0.3 is 5.97 Å². The van der Waals surface area contributed by atoms with Crippen molar-refractivity contribution < 1.29 is 27.5 Å². The topological polar surface area (TPSA) is 98.8 Å². The van der Waals surface area contributed by atoms with E-state index in [-0.39, 0.29) is 23.7 Å². The van der Waals surface area contributed by atoms with Gasteiger partial charge in [-0.25, -0.2) is 13.2 Å². The molecule has 2 rings (SSSR count). The van der Waals surface area contributed by atoms with E-state index in [1.807, 2.05) is 0 Å². The van der Waals surface area contributed by atoms with E-state index in [0.29, 0.717) is 21.2 Å². The summed E-state index contributed by atoms with van der Waals surface area (Å²) >= 11 is 1.10. The van der Waals surface area contributed by atoms with Crippen LogP contribution in [0.3, 0.4) is 0 Å². The maximum atomic E-state index is 12.3. The molecule has 0 radical (unpaired) electrons. The summed E-state index contributed by atoms with van der Waals surface area (Å²) < 4.78 is 34.6. The van der Waals surface area contributed by atoms with Gasteiger partial charge in [0.15, 0.2) is 9.84 Å². The molecule has 0 bridgehead atoms. The number of hydrogen-bond donors (Lipinski definition) is 1. The van der Waals surface area contributed by atoms with Crippen LogP contribution in [-0.2, 0) is 19.4 Å². The van der Waals surface area contributed by atoms with Gasteiger partial charge in [-0.15, -0.1) is 11.3 Å². The molecule has 0 spiro atoms. The third-order valence-corrected chi connectivity index (χ3v) is 6.52. The predicted octanol–water partition coefficient (Wildman–Crippen LogP) is 3.04. The van der Waals surface area contributed by atoms with Crippen LogP contribution in [-0.4, -0.2) is 39.8 Å². The van der Waals surface area contributed by atoms with Gasteiger partial charge in [-0.2, -0.15) is 0 Å². The van der Waals surface area contributed by atoms with Gasteiger partial charge in [-0.3, -0.25) is 4.79 Å². The number of thiophene rings is 1. The third kappa shape index (κ3) is 5.54. The van der Waals surface area contributed by atoms with Crippen LogP contribution in [0, 0.1) is 6.92 Å². The lowest BCUT2D eigenvalue weighted by atomic mass is 10.3. The summed E-state index contributed by atoms with van der Waals surface area (Å²) in [6.07, 6.45) is -0.194. The van der Waals surface area contributed by atoms with Crippen molar-refractivity contribution in [3.8, 4) is 5.75 Å². The number of hydrogen-bond acceptors (Lipinski definition) is 7. The molecule has 7 nitrogen and oxygen atoms in total. The van der Waals surface area contributed by atoms with Gasteiger partial charge in [-0.05, 0) is 49.7 Å². The second-order valence-electron chi connectivity index (χ2n) is 5.64. The molecule has 1 aromatic heterocycles. The number of carbonyl (C=O) groups excluding carboxylic acids is 2. The van der Waals surface area contributed by atoms with Crippen LogP contribution in [0.25, 0.3) is 0 Å². The summed E-state index contributed by atoms with van der Waals surface area (Å²) in [7, 11) is -2.09. The number of aryl methyl sites for hydroxylation is 1. The van der Waals surface area contributed by atoms with Crippen LogP contribution < -0.4 is 10.1 Å². The number of benzene rings is 1. The normalized spacial score (nSPS) is 11.1. The lowest BCUT2D eigenvalue weighted by Gasteiger charge is -2.06. The molecular weight excluding hydrogens is 390 g/mol. The number of ether oxygens (including phenoxy) is 2. The van der Waals surface area contributed by atoms with Crippen LogP contribution in [0.5, 0.6) is 5.75 Å². The Morgan fingerprint density at radius 2 is 1.85 bits per heavy atom. The quantitative estimate of drug-likeness (QED) is 0.671. The highest BCUT2D eigenvalue weighted by Crippen LogP contribution is 2.27. The number of esters is 1. The first kappa shape index (κ1) is 20.9. The maximum Gasteiger partial charge on any atom is 0.348 e. The largest absolute Gasteiger partial charge is 0.497 e. The number of carbonyl (C=O) groups is 2. The molecular formula is C18H21NO6S2. The van der Waals surface area contributed by atoms with Gasteiger partial charge in [0, 0.05) is 6.42 Å². The highest BCUT2D eigenvalue weighted by molar-refractivity contribution is 7.91. The van der Waals surface area contributed by atoms with Crippen molar-refractivity contribution in [2.75, 3.05) is 24.8 Å². The number of sulfone groups is 1. The minimum Gasteiger partial charge on any atom is -0.497 e. The molecule has 146 valence electrons. The fourth-order valence-corrected chi connectivity index (χ4v) is 4.49. The Hall–Kier alpha value is -2.39.